The van der Waals surface area contributed by atoms with E-state index in [0.29, 0.717) is 18.0 Å². The maximum Gasteiger partial charge on any atom is 0.220 e. The molecule has 0 bridgehead atoms. The summed E-state index contributed by atoms with van der Waals surface area (Å²) < 4.78 is 6.08. The van der Waals surface area contributed by atoms with Crippen LogP contribution in [0.25, 0.3) is 0 Å². The summed E-state index contributed by atoms with van der Waals surface area (Å²) >= 11 is 0. The quantitative estimate of drug-likeness (QED) is 0.924. The van der Waals surface area contributed by atoms with Crippen LogP contribution in [0.1, 0.15) is 50.2 Å². The number of carbonyl (C=O) groups excluding carboxylic acids is 1. The second-order valence-electron chi connectivity index (χ2n) is 7.70. The molecule has 3 fully saturated rings. The van der Waals surface area contributed by atoms with Crippen molar-refractivity contribution >= 4 is 5.91 Å². The van der Waals surface area contributed by atoms with Crippen LogP contribution in [0.5, 0.6) is 0 Å². The van der Waals surface area contributed by atoms with Crippen LogP contribution in [0.4, 0.5) is 0 Å². The molecule has 130 valence electrons. The molecular weight excluding hydrogens is 300 g/mol. The van der Waals surface area contributed by atoms with Gasteiger partial charge in [-0.2, -0.15) is 0 Å². The highest BCUT2D eigenvalue weighted by Gasteiger charge is 2.38. The Morgan fingerprint density at radius 1 is 1.17 bits per heavy atom. The molecule has 0 aromatic heterocycles. The smallest absolute Gasteiger partial charge is 0.220 e. The van der Waals surface area contributed by atoms with Gasteiger partial charge in [-0.1, -0.05) is 43.2 Å². The highest BCUT2D eigenvalue weighted by atomic mass is 16.5. The summed E-state index contributed by atoms with van der Waals surface area (Å²) in [6, 6.07) is 11.2. The summed E-state index contributed by atoms with van der Waals surface area (Å²) in [5.41, 5.74) is 1.25. The lowest BCUT2D eigenvalue weighted by Crippen LogP contribution is -2.43. The molecular formula is C20H28N2O2. The maximum atomic E-state index is 12.3. The molecule has 1 aromatic carbocycles. The first-order chi connectivity index (χ1) is 11.8. The molecule has 1 amide bonds. The minimum absolute atomic E-state index is 0.162. The Labute approximate surface area is 144 Å². The summed E-state index contributed by atoms with van der Waals surface area (Å²) in [7, 11) is 0. The standard InChI is InChI=1S/C20H28N2O2/c23-20(10-15-6-4-5-7-15)21-17-11-18-14-24-19(13-22(18)12-17)16-8-2-1-3-9-16/h1-3,8-9,15,17-19H,4-7,10-14H2,(H,21,23)/t17-,18+,19-/m1/s1. The van der Waals surface area contributed by atoms with E-state index in [1.165, 1.54) is 31.2 Å². The van der Waals surface area contributed by atoms with Gasteiger partial charge in [0, 0.05) is 31.6 Å². The lowest BCUT2D eigenvalue weighted by atomic mass is 10.0. The van der Waals surface area contributed by atoms with Gasteiger partial charge in [-0.05, 0) is 30.7 Å². The summed E-state index contributed by atoms with van der Waals surface area (Å²) in [4.78, 5) is 14.8. The number of amides is 1. The third-order valence-corrected chi connectivity index (χ3v) is 5.90. The average molecular weight is 328 g/mol. The number of nitrogens with zero attached hydrogens (tertiary/aromatic N) is 1. The Morgan fingerprint density at radius 3 is 2.75 bits per heavy atom. The first kappa shape index (κ1) is 16.1. The lowest BCUT2D eigenvalue weighted by Gasteiger charge is -2.35. The van der Waals surface area contributed by atoms with Gasteiger partial charge in [0.2, 0.25) is 5.91 Å². The van der Waals surface area contributed by atoms with Gasteiger partial charge < -0.3 is 10.1 Å². The van der Waals surface area contributed by atoms with Crippen molar-refractivity contribution in [3.8, 4) is 0 Å². The number of ether oxygens (including phenoxy) is 1. The molecule has 0 unspecified atom stereocenters. The van der Waals surface area contributed by atoms with Gasteiger partial charge in [-0.25, -0.2) is 0 Å². The van der Waals surface area contributed by atoms with Crippen molar-refractivity contribution in [3.05, 3.63) is 35.9 Å². The molecule has 4 nitrogen and oxygen atoms in total. The van der Waals surface area contributed by atoms with E-state index in [1.54, 1.807) is 0 Å². The number of carbonyl (C=O) groups is 1. The Hall–Kier alpha value is -1.39. The zero-order valence-corrected chi connectivity index (χ0v) is 14.3. The van der Waals surface area contributed by atoms with Gasteiger partial charge in [0.25, 0.3) is 0 Å². The molecule has 1 aromatic rings. The Morgan fingerprint density at radius 2 is 1.96 bits per heavy atom. The van der Waals surface area contributed by atoms with Crippen molar-refractivity contribution < 1.29 is 9.53 Å². The fourth-order valence-electron chi connectivity index (χ4n) is 4.61. The zero-order chi connectivity index (χ0) is 16.4. The van der Waals surface area contributed by atoms with E-state index in [-0.39, 0.29) is 12.0 Å². The predicted octanol–water partition coefficient (Wildman–Crippen LogP) is 2.90. The molecule has 2 saturated heterocycles. The first-order valence-corrected chi connectivity index (χ1v) is 9.48. The van der Waals surface area contributed by atoms with Crippen LogP contribution in [0, 0.1) is 5.92 Å². The minimum Gasteiger partial charge on any atom is -0.371 e. The third kappa shape index (κ3) is 3.65. The third-order valence-electron chi connectivity index (χ3n) is 5.90. The van der Waals surface area contributed by atoms with E-state index in [2.05, 4.69) is 34.5 Å². The highest BCUT2D eigenvalue weighted by Crippen LogP contribution is 2.31. The van der Waals surface area contributed by atoms with Crippen LogP contribution in [-0.2, 0) is 9.53 Å². The zero-order valence-electron chi connectivity index (χ0n) is 14.3. The van der Waals surface area contributed by atoms with Crippen LogP contribution in [-0.4, -0.2) is 42.6 Å². The van der Waals surface area contributed by atoms with Crippen molar-refractivity contribution in [3.63, 3.8) is 0 Å². The van der Waals surface area contributed by atoms with E-state index in [1.807, 2.05) is 6.07 Å². The molecule has 0 radical (unpaired) electrons. The molecule has 3 atom stereocenters. The fraction of sp³-hybridized carbons (Fsp3) is 0.650. The topological polar surface area (TPSA) is 41.6 Å². The SMILES string of the molecule is O=C(CC1CCCC1)N[C@@H]1C[C@H]2CO[C@@H](c3ccccc3)CN2C1. The molecule has 3 aliphatic rings. The number of hydrogen-bond donors (Lipinski definition) is 1. The largest absolute Gasteiger partial charge is 0.371 e. The number of morpholine rings is 1. The Balaban J connectivity index is 1.29. The van der Waals surface area contributed by atoms with E-state index in [4.69, 9.17) is 4.74 Å². The maximum absolute atomic E-state index is 12.3. The average Bonchev–Trinajstić information content (AvgIpc) is 3.23. The molecule has 1 N–H and O–H groups in total. The fourth-order valence-corrected chi connectivity index (χ4v) is 4.61. The van der Waals surface area contributed by atoms with E-state index < -0.39 is 0 Å². The number of nitrogens with one attached hydrogen (secondary N) is 1. The van der Waals surface area contributed by atoms with Gasteiger partial charge in [-0.15, -0.1) is 0 Å². The highest BCUT2D eigenvalue weighted by molar-refractivity contribution is 5.76. The molecule has 0 spiro atoms. The first-order valence-electron chi connectivity index (χ1n) is 9.48. The number of hydrogen-bond acceptors (Lipinski definition) is 3. The number of rotatable bonds is 4. The van der Waals surface area contributed by atoms with Gasteiger partial charge in [0.1, 0.15) is 0 Å². The van der Waals surface area contributed by atoms with Crippen molar-refractivity contribution in [2.75, 3.05) is 19.7 Å². The van der Waals surface area contributed by atoms with Gasteiger partial charge >= 0.3 is 0 Å². The van der Waals surface area contributed by atoms with Crippen molar-refractivity contribution in [1.82, 2.24) is 10.2 Å². The van der Waals surface area contributed by atoms with Gasteiger partial charge in [0.15, 0.2) is 0 Å². The molecule has 4 rings (SSSR count). The second kappa shape index (κ2) is 7.24. The Bertz CT molecular complexity index is 556. The van der Waals surface area contributed by atoms with Crippen LogP contribution >= 0.6 is 0 Å². The van der Waals surface area contributed by atoms with Crippen molar-refractivity contribution in [2.45, 2.75) is 56.7 Å². The summed E-state index contributed by atoms with van der Waals surface area (Å²) in [5, 5.41) is 3.28. The van der Waals surface area contributed by atoms with Crippen LogP contribution in [0.3, 0.4) is 0 Å². The lowest BCUT2D eigenvalue weighted by molar-refractivity contribution is -0.122. The van der Waals surface area contributed by atoms with E-state index >= 15 is 0 Å². The number of benzene rings is 1. The minimum atomic E-state index is 0.162. The molecule has 4 heteroatoms. The monoisotopic (exact) mass is 328 g/mol. The normalized spacial score (nSPS) is 31.1. The van der Waals surface area contributed by atoms with Crippen LogP contribution < -0.4 is 5.32 Å². The van der Waals surface area contributed by atoms with E-state index in [9.17, 15) is 4.79 Å². The predicted molar refractivity (Wildman–Crippen MR) is 93.6 cm³/mol. The van der Waals surface area contributed by atoms with Crippen LogP contribution in [0.2, 0.25) is 0 Å². The second-order valence-corrected chi connectivity index (χ2v) is 7.70. The molecule has 24 heavy (non-hydrogen) atoms. The summed E-state index contributed by atoms with van der Waals surface area (Å²) in [6.45, 7) is 2.67. The molecule has 2 aliphatic heterocycles. The van der Waals surface area contributed by atoms with Crippen molar-refractivity contribution in [1.29, 1.82) is 0 Å². The molecule has 2 heterocycles. The van der Waals surface area contributed by atoms with Crippen molar-refractivity contribution in [2.24, 2.45) is 5.92 Å². The van der Waals surface area contributed by atoms with Crippen LogP contribution in [0.15, 0.2) is 30.3 Å². The number of fused-ring (bicyclic) bond motifs is 1. The molecule has 1 aliphatic carbocycles. The van der Waals surface area contributed by atoms with E-state index in [0.717, 1.165) is 32.5 Å². The summed E-state index contributed by atoms with van der Waals surface area (Å²) in [6.07, 6.45) is 6.99. The summed E-state index contributed by atoms with van der Waals surface area (Å²) in [5.74, 6) is 0.882. The molecule has 1 saturated carbocycles. The van der Waals surface area contributed by atoms with Gasteiger partial charge in [-0.3, -0.25) is 9.69 Å². The Kier molecular flexibility index (Phi) is 4.86. The van der Waals surface area contributed by atoms with Gasteiger partial charge in [0.05, 0.1) is 12.7 Å².